The van der Waals surface area contributed by atoms with Crippen LogP contribution < -0.4 is 5.32 Å². The molecule has 1 aromatic rings. The molecular formula is C16H20INO2. The van der Waals surface area contributed by atoms with Gasteiger partial charge >= 0.3 is 5.97 Å². The van der Waals surface area contributed by atoms with E-state index < -0.39 is 0 Å². The standard InChI is InChI=1S/C16H20INO2/c1-20-16(19)12-8-4-2-3-5-10-14(12)18-15-11-7-6-9-13(15)17/h6-7,9,11,18H,2-5,8,10H2,1H3/b14-12-. The summed E-state index contributed by atoms with van der Waals surface area (Å²) in [7, 11) is 1.46. The highest BCUT2D eigenvalue weighted by atomic mass is 127. The lowest BCUT2D eigenvalue weighted by Gasteiger charge is -2.19. The van der Waals surface area contributed by atoms with E-state index >= 15 is 0 Å². The van der Waals surface area contributed by atoms with E-state index in [1.54, 1.807) is 0 Å². The number of para-hydroxylation sites is 1. The number of hydrogen-bond acceptors (Lipinski definition) is 3. The summed E-state index contributed by atoms with van der Waals surface area (Å²) in [5.41, 5.74) is 2.90. The maximum Gasteiger partial charge on any atom is 0.335 e. The van der Waals surface area contributed by atoms with Crippen molar-refractivity contribution in [1.82, 2.24) is 0 Å². The summed E-state index contributed by atoms with van der Waals surface area (Å²) >= 11 is 2.31. The summed E-state index contributed by atoms with van der Waals surface area (Å²) in [6.07, 6.45) is 6.31. The first kappa shape index (κ1) is 15.4. The number of ether oxygens (including phenoxy) is 1. The second kappa shape index (κ2) is 7.67. The SMILES string of the molecule is COC(=O)/C1=C(\Nc2ccccc2I)CCCCCC1. The predicted molar refractivity (Wildman–Crippen MR) is 89.5 cm³/mol. The Labute approximate surface area is 133 Å². The smallest absolute Gasteiger partial charge is 0.335 e. The quantitative estimate of drug-likeness (QED) is 0.616. The van der Waals surface area contributed by atoms with Crippen molar-refractivity contribution in [2.45, 2.75) is 38.5 Å². The molecule has 0 atom stereocenters. The fourth-order valence-electron chi connectivity index (χ4n) is 2.47. The summed E-state index contributed by atoms with van der Waals surface area (Å²) in [5.74, 6) is -0.194. The largest absolute Gasteiger partial charge is 0.466 e. The molecule has 108 valence electrons. The lowest BCUT2D eigenvalue weighted by molar-refractivity contribution is -0.136. The van der Waals surface area contributed by atoms with Gasteiger partial charge in [0.1, 0.15) is 0 Å². The summed E-state index contributed by atoms with van der Waals surface area (Å²) < 4.78 is 6.10. The van der Waals surface area contributed by atoms with E-state index in [4.69, 9.17) is 4.74 Å². The van der Waals surface area contributed by atoms with Gasteiger partial charge in [-0.2, -0.15) is 0 Å². The molecule has 0 amide bonds. The van der Waals surface area contributed by atoms with Gasteiger partial charge in [0.05, 0.1) is 18.4 Å². The molecule has 1 aliphatic rings. The molecule has 0 spiro atoms. The normalized spacial score (nSPS) is 19.9. The van der Waals surface area contributed by atoms with Crippen LogP contribution in [0.5, 0.6) is 0 Å². The second-order valence-corrected chi connectivity index (χ2v) is 6.13. The Morgan fingerprint density at radius 3 is 2.55 bits per heavy atom. The zero-order chi connectivity index (χ0) is 14.4. The maximum atomic E-state index is 12.0. The first-order chi connectivity index (χ1) is 9.72. The van der Waals surface area contributed by atoms with Crippen LogP contribution in [0.1, 0.15) is 38.5 Å². The molecule has 0 bridgehead atoms. The predicted octanol–water partition coefficient (Wildman–Crippen LogP) is 4.48. The summed E-state index contributed by atoms with van der Waals surface area (Å²) in [5, 5.41) is 3.45. The molecule has 4 heteroatoms. The van der Waals surface area contributed by atoms with Gasteiger partial charge in [0.2, 0.25) is 0 Å². The first-order valence-corrected chi connectivity index (χ1v) is 8.12. The number of methoxy groups -OCH3 is 1. The van der Waals surface area contributed by atoms with Gasteiger partial charge in [-0.25, -0.2) is 4.79 Å². The number of carbonyl (C=O) groups is 1. The highest BCUT2D eigenvalue weighted by Crippen LogP contribution is 2.27. The van der Waals surface area contributed by atoms with Crippen LogP contribution >= 0.6 is 22.6 Å². The zero-order valence-electron chi connectivity index (χ0n) is 11.7. The Kier molecular flexibility index (Phi) is 5.88. The van der Waals surface area contributed by atoms with Crippen molar-refractivity contribution in [3.05, 3.63) is 39.1 Å². The molecule has 20 heavy (non-hydrogen) atoms. The van der Waals surface area contributed by atoms with E-state index in [-0.39, 0.29) is 5.97 Å². The van der Waals surface area contributed by atoms with Crippen LogP contribution in [0.3, 0.4) is 0 Å². The topological polar surface area (TPSA) is 38.3 Å². The van der Waals surface area contributed by atoms with Crippen molar-refractivity contribution >= 4 is 34.2 Å². The molecule has 0 aliphatic heterocycles. The molecular weight excluding hydrogens is 365 g/mol. The molecule has 0 aromatic heterocycles. The van der Waals surface area contributed by atoms with E-state index in [1.807, 2.05) is 18.2 Å². The maximum absolute atomic E-state index is 12.0. The Hall–Kier alpha value is -1.04. The van der Waals surface area contributed by atoms with E-state index in [1.165, 1.54) is 20.0 Å². The van der Waals surface area contributed by atoms with Crippen molar-refractivity contribution in [3.63, 3.8) is 0 Å². The van der Waals surface area contributed by atoms with Gasteiger partial charge in [0, 0.05) is 9.27 Å². The summed E-state index contributed by atoms with van der Waals surface area (Å²) in [4.78, 5) is 12.0. The molecule has 0 radical (unpaired) electrons. The lowest BCUT2D eigenvalue weighted by Crippen LogP contribution is -2.14. The molecule has 1 N–H and O–H groups in total. The minimum absolute atomic E-state index is 0.194. The number of rotatable bonds is 3. The fraction of sp³-hybridized carbons (Fsp3) is 0.438. The number of halogens is 1. The van der Waals surface area contributed by atoms with Crippen LogP contribution in [0.25, 0.3) is 0 Å². The number of esters is 1. The van der Waals surface area contributed by atoms with Gasteiger partial charge in [0.25, 0.3) is 0 Å². The van der Waals surface area contributed by atoms with Crippen LogP contribution in [0.4, 0.5) is 5.69 Å². The molecule has 0 saturated heterocycles. The van der Waals surface area contributed by atoms with E-state index in [0.717, 1.165) is 46.2 Å². The second-order valence-electron chi connectivity index (χ2n) is 4.97. The molecule has 1 aliphatic carbocycles. The third-order valence-corrected chi connectivity index (χ3v) is 4.50. The first-order valence-electron chi connectivity index (χ1n) is 7.04. The average Bonchev–Trinajstić information content (AvgIpc) is 2.43. The number of hydrogen-bond donors (Lipinski definition) is 1. The Bertz CT molecular complexity index is 511. The van der Waals surface area contributed by atoms with Gasteiger partial charge in [-0.1, -0.05) is 25.0 Å². The van der Waals surface area contributed by atoms with Crippen molar-refractivity contribution < 1.29 is 9.53 Å². The van der Waals surface area contributed by atoms with E-state index in [9.17, 15) is 4.79 Å². The monoisotopic (exact) mass is 385 g/mol. The highest BCUT2D eigenvalue weighted by Gasteiger charge is 2.18. The van der Waals surface area contributed by atoms with Crippen LogP contribution in [0.15, 0.2) is 35.5 Å². The Balaban J connectivity index is 2.30. The number of allylic oxidation sites excluding steroid dienone is 1. The van der Waals surface area contributed by atoms with Gasteiger partial charge in [0.15, 0.2) is 0 Å². The van der Waals surface area contributed by atoms with Gasteiger partial charge in [-0.3, -0.25) is 0 Å². The van der Waals surface area contributed by atoms with Gasteiger partial charge < -0.3 is 10.1 Å². The van der Waals surface area contributed by atoms with Crippen molar-refractivity contribution in [3.8, 4) is 0 Å². The molecule has 1 aromatic carbocycles. The van der Waals surface area contributed by atoms with Crippen LogP contribution in [0, 0.1) is 3.57 Å². The number of benzene rings is 1. The lowest BCUT2D eigenvalue weighted by atomic mass is 9.97. The molecule has 0 saturated carbocycles. The fourth-order valence-corrected chi connectivity index (χ4v) is 2.99. The average molecular weight is 385 g/mol. The Morgan fingerprint density at radius 1 is 1.15 bits per heavy atom. The van der Waals surface area contributed by atoms with Crippen molar-refractivity contribution in [2.75, 3.05) is 12.4 Å². The van der Waals surface area contributed by atoms with Gasteiger partial charge in [-0.05, 0) is 60.4 Å². The molecule has 3 nitrogen and oxygen atoms in total. The van der Waals surface area contributed by atoms with Crippen LogP contribution in [-0.4, -0.2) is 13.1 Å². The molecule has 2 rings (SSSR count). The third kappa shape index (κ3) is 3.98. The number of carbonyl (C=O) groups excluding carboxylic acids is 1. The minimum Gasteiger partial charge on any atom is -0.466 e. The van der Waals surface area contributed by atoms with E-state index in [0.29, 0.717) is 0 Å². The Morgan fingerprint density at radius 2 is 1.85 bits per heavy atom. The molecule has 0 fully saturated rings. The summed E-state index contributed by atoms with van der Waals surface area (Å²) in [6, 6.07) is 8.12. The highest BCUT2D eigenvalue weighted by molar-refractivity contribution is 14.1. The van der Waals surface area contributed by atoms with Gasteiger partial charge in [-0.15, -0.1) is 0 Å². The number of anilines is 1. The molecule has 0 unspecified atom stereocenters. The number of nitrogens with one attached hydrogen (secondary N) is 1. The van der Waals surface area contributed by atoms with Crippen molar-refractivity contribution in [1.29, 1.82) is 0 Å². The van der Waals surface area contributed by atoms with Crippen molar-refractivity contribution in [2.24, 2.45) is 0 Å². The minimum atomic E-state index is -0.194. The molecule has 0 heterocycles. The summed E-state index contributed by atoms with van der Waals surface area (Å²) in [6.45, 7) is 0. The van der Waals surface area contributed by atoms with E-state index in [2.05, 4.69) is 34.0 Å². The third-order valence-electron chi connectivity index (χ3n) is 3.56. The zero-order valence-corrected chi connectivity index (χ0v) is 13.9. The van der Waals surface area contributed by atoms with Crippen LogP contribution in [0.2, 0.25) is 0 Å². The van der Waals surface area contributed by atoms with Crippen LogP contribution in [-0.2, 0) is 9.53 Å².